The van der Waals surface area contributed by atoms with Crippen LogP contribution in [0.2, 0.25) is 0 Å². The molecule has 3 aromatic rings. The highest BCUT2D eigenvalue weighted by atomic mass is 32.2. The molecule has 2 aromatic carbocycles. The van der Waals surface area contributed by atoms with Gasteiger partial charge in [-0.2, -0.15) is 0 Å². The molecule has 0 spiro atoms. The molecular formula is C18H14N2O4S. The molecule has 0 aliphatic rings. The first kappa shape index (κ1) is 16.9. The number of fused-ring (bicyclic) bond motifs is 1. The fraction of sp³-hybridized carbons (Fsp3) is 0.111. The van der Waals surface area contributed by atoms with E-state index < -0.39 is 12.4 Å². The molecule has 0 saturated heterocycles. The first-order valence-electron chi connectivity index (χ1n) is 7.49. The van der Waals surface area contributed by atoms with Crippen molar-refractivity contribution in [2.24, 2.45) is 0 Å². The number of thioether (sulfide) groups is 1. The van der Waals surface area contributed by atoms with Gasteiger partial charge in [0, 0.05) is 11.1 Å². The number of aliphatic carboxylic acids is 1. The summed E-state index contributed by atoms with van der Waals surface area (Å²) in [7, 11) is 0. The topological polar surface area (TPSA) is 100 Å². The fourth-order valence-corrected chi connectivity index (χ4v) is 3.07. The highest BCUT2D eigenvalue weighted by Crippen LogP contribution is 2.22. The van der Waals surface area contributed by atoms with Gasteiger partial charge in [-0.3, -0.25) is 14.4 Å². The lowest BCUT2D eigenvalue weighted by atomic mass is 10.0. The Bertz CT molecular complexity index is 950. The minimum atomic E-state index is -1.14. The van der Waals surface area contributed by atoms with Crippen LogP contribution >= 0.6 is 11.8 Å². The number of carboxylic acids is 1. The Morgan fingerprint density at radius 1 is 1.04 bits per heavy atom. The second-order valence-corrected chi connectivity index (χ2v) is 6.33. The van der Waals surface area contributed by atoms with Crippen molar-refractivity contribution >= 4 is 40.3 Å². The lowest BCUT2D eigenvalue weighted by Gasteiger charge is -2.00. The lowest BCUT2D eigenvalue weighted by molar-refractivity contribution is -0.139. The van der Waals surface area contributed by atoms with Gasteiger partial charge in [0.2, 0.25) is 0 Å². The van der Waals surface area contributed by atoms with E-state index in [1.54, 1.807) is 30.3 Å². The second-order valence-electron chi connectivity index (χ2n) is 5.37. The van der Waals surface area contributed by atoms with Gasteiger partial charge in [0.25, 0.3) is 0 Å². The number of ketones is 2. The summed E-state index contributed by atoms with van der Waals surface area (Å²) in [5, 5.41) is 9.10. The van der Waals surface area contributed by atoms with Crippen LogP contribution < -0.4 is 0 Å². The summed E-state index contributed by atoms with van der Waals surface area (Å²) in [5.74, 6) is -1.57. The Balaban J connectivity index is 1.76. The van der Waals surface area contributed by atoms with E-state index in [0.29, 0.717) is 27.3 Å². The molecule has 0 aliphatic carbocycles. The van der Waals surface area contributed by atoms with Crippen LogP contribution in [0.1, 0.15) is 22.3 Å². The van der Waals surface area contributed by atoms with Crippen molar-refractivity contribution in [1.82, 2.24) is 9.97 Å². The van der Waals surface area contributed by atoms with Crippen molar-refractivity contribution in [3.8, 4) is 0 Å². The molecule has 0 saturated carbocycles. The number of hydrogen-bond donors (Lipinski definition) is 2. The largest absolute Gasteiger partial charge is 0.481 e. The van der Waals surface area contributed by atoms with Gasteiger partial charge in [-0.1, -0.05) is 42.1 Å². The molecule has 7 heteroatoms. The van der Waals surface area contributed by atoms with E-state index in [1.165, 1.54) is 0 Å². The zero-order valence-electron chi connectivity index (χ0n) is 13.1. The summed E-state index contributed by atoms with van der Waals surface area (Å²) in [4.78, 5) is 41.8. The van der Waals surface area contributed by atoms with Gasteiger partial charge in [-0.05, 0) is 18.2 Å². The van der Waals surface area contributed by atoms with Crippen LogP contribution in [0, 0.1) is 0 Å². The highest BCUT2D eigenvalue weighted by Gasteiger charge is 2.13. The van der Waals surface area contributed by atoms with Crippen LogP contribution in [0.3, 0.4) is 0 Å². The summed E-state index contributed by atoms with van der Waals surface area (Å²) < 4.78 is 0. The van der Waals surface area contributed by atoms with Crippen molar-refractivity contribution in [3.05, 3.63) is 59.7 Å². The highest BCUT2D eigenvalue weighted by molar-refractivity contribution is 7.99. The third-order valence-electron chi connectivity index (χ3n) is 3.48. The third-order valence-corrected chi connectivity index (χ3v) is 4.41. The molecular weight excluding hydrogens is 340 g/mol. The van der Waals surface area contributed by atoms with E-state index in [0.717, 1.165) is 11.8 Å². The maximum Gasteiger partial charge on any atom is 0.310 e. The van der Waals surface area contributed by atoms with Gasteiger partial charge in [0.05, 0.1) is 16.8 Å². The van der Waals surface area contributed by atoms with Gasteiger partial charge in [0.1, 0.15) is 6.42 Å². The number of benzene rings is 2. The number of aromatic amines is 1. The number of carboxylic acid groups (broad SMARTS) is 1. The third kappa shape index (κ3) is 4.13. The van der Waals surface area contributed by atoms with Crippen molar-refractivity contribution in [2.75, 3.05) is 5.75 Å². The normalized spacial score (nSPS) is 10.7. The lowest BCUT2D eigenvalue weighted by Crippen LogP contribution is -2.08. The Morgan fingerprint density at radius 2 is 1.80 bits per heavy atom. The molecule has 0 radical (unpaired) electrons. The van der Waals surface area contributed by atoms with Crippen molar-refractivity contribution in [3.63, 3.8) is 0 Å². The molecule has 25 heavy (non-hydrogen) atoms. The summed E-state index contributed by atoms with van der Waals surface area (Å²) in [6, 6.07) is 14.2. The smallest absolute Gasteiger partial charge is 0.310 e. The number of imidazole rings is 1. The van der Waals surface area contributed by atoms with Gasteiger partial charge in [-0.15, -0.1) is 0 Å². The predicted molar refractivity (Wildman–Crippen MR) is 94.0 cm³/mol. The SMILES string of the molecule is O=C(O)CC(=O)CSc1nc2ccc(C(=O)c3ccccc3)cc2[nH]1. The Hall–Kier alpha value is -2.93. The van der Waals surface area contributed by atoms with Gasteiger partial charge in [-0.25, -0.2) is 4.98 Å². The number of carbonyl (C=O) groups excluding carboxylic acids is 2. The number of carbonyl (C=O) groups is 3. The van der Waals surface area contributed by atoms with E-state index in [9.17, 15) is 14.4 Å². The van der Waals surface area contributed by atoms with E-state index in [-0.39, 0.29) is 17.3 Å². The van der Waals surface area contributed by atoms with Crippen LogP contribution in [0.15, 0.2) is 53.7 Å². The second kappa shape index (κ2) is 7.31. The molecule has 126 valence electrons. The predicted octanol–water partition coefficient (Wildman–Crippen LogP) is 2.93. The zero-order chi connectivity index (χ0) is 17.8. The number of hydrogen-bond acceptors (Lipinski definition) is 5. The van der Waals surface area contributed by atoms with Crippen molar-refractivity contribution < 1.29 is 19.5 Å². The number of nitrogens with zero attached hydrogens (tertiary/aromatic N) is 1. The quantitative estimate of drug-likeness (QED) is 0.384. The number of aromatic nitrogens is 2. The van der Waals surface area contributed by atoms with Crippen LogP contribution in [-0.2, 0) is 9.59 Å². The van der Waals surface area contributed by atoms with Crippen LogP contribution in [0.25, 0.3) is 11.0 Å². The van der Waals surface area contributed by atoms with Gasteiger partial charge >= 0.3 is 5.97 Å². The monoisotopic (exact) mass is 354 g/mol. The van der Waals surface area contributed by atoms with Crippen molar-refractivity contribution in [1.29, 1.82) is 0 Å². The Morgan fingerprint density at radius 3 is 2.52 bits per heavy atom. The number of Topliss-reactive ketones (excluding diaryl/α,β-unsaturated/α-hetero) is 1. The summed E-state index contributed by atoms with van der Waals surface area (Å²) in [5.41, 5.74) is 2.52. The summed E-state index contributed by atoms with van der Waals surface area (Å²) in [6.07, 6.45) is -0.497. The Labute approximate surface area is 147 Å². The zero-order valence-corrected chi connectivity index (χ0v) is 13.9. The molecule has 0 fully saturated rings. The van der Waals surface area contributed by atoms with E-state index in [2.05, 4.69) is 9.97 Å². The van der Waals surface area contributed by atoms with E-state index in [4.69, 9.17) is 5.11 Å². The minimum Gasteiger partial charge on any atom is -0.481 e. The summed E-state index contributed by atoms with van der Waals surface area (Å²) >= 11 is 1.14. The average Bonchev–Trinajstić information content (AvgIpc) is 3.01. The molecule has 0 unspecified atom stereocenters. The first-order valence-corrected chi connectivity index (χ1v) is 8.47. The number of rotatable bonds is 7. The summed E-state index contributed by atoms with van der Waals surface area (Å²) in [6.45, 7) is 0. The van der Waals surface area contributed by atoms with Crippen LogP contribution in [-0.4, -0.2) is 38.4 Å². The molecule has 0 aliphatic heterocycles. The molecule has 1 aromatic heterocycles. The van der Waals surface area contributed by atoms with Crippen molar-refractivity contribution in [2.45, 2.75) is 11.6 Å². The van der Waals surface area contributed by atoms with Gasteiger partial charge in [0.15, 0.2) is 16.7 Å². The standard InChI is InChI=1S/C18H14N2O4S/c21-13(9-16(22)23)10-25-18-19-14-7-6-12(8-15(14)20-18)17(24)11-4-2-1-3-5-11/h1-8H,9-10H2,(H,19,20)(H,22,23). The minimum absolute atomic E-state index is 0.0297. The maximum atomic E-state index is 12.5. The number of nitrogens with one attached hydrogen (secondary N) is 1. The Kier molecular flexibility index (Phi) is 4.95. The molecule has 0 atom stereocenters. The molecule has 6 nitrogen and oxygen atoms in total. The van der Waals surface area contributed by atoms with Crippen LogP contribution in [0.5, 0.6) is 0 Å². The van der Waals surface area contributed by atoms with E-state index in [1.807, 2.05) is 18.2 Å². The van der Waals surface area contributed by atoms with Gasteiger partial charge < -0.3 is 10.1 Å². The van der Waals surface area contributed by atoms with Crippen LogP contribution in [0.4, 0.5) is 0 Å². The molecule has 0 bridgehead atoms. The molecule has 1 heterocycles. The molecule has 3 rings (SSSR count). The first-order chi connectivity index (χ1) is 12.0. The molecule has 2 N–H and O–H groups in total. The average molecular weight is 354 g/mol. The fourth-order valence-electron chi connectivity index (χ4n) is 2.32. The maximum absolute atomic E-state index is 12.5. The molecule has 0 amide bonds. The number of H-pyrrole nitrogens is 1. The van der Waals surface area contributed by atoms with E-state index >= 15 is 0 Å².